The van der Waals surface area contributed by atoms with Crippen molar-refractivity contribution in [3.63, 3.8) is 0 Å². The molecule has 1 amide bonds. The molecule has 0 aliphatic rings. The van der Waals surface area contributed by atoms with Crippen LogP contribution in [0.1, 0.15) is 31.9 Å². The summed E-state index contributed by atoms with van der Waals surface area (Å²) >= 11 is 0. The first-order valence-corrected chi connectivity index (χ1v) is 13.6. The normalized spacial score (nSPS) is 12.8. The van der Waals surface area contributed by atoms with Gasteiger partial charge in [0.1, 0.15) is 9.79 Å². The van der Waals surface area contributed by atoms with E-state index in [-0.39, 0.29) is 22.5 Å². The Morgan fingerprint density at radius 2 is 1.24 bits per heavy atom. The van der Waals surface area contributed by atoms with Crippen molar-refractivity contribution in [1.82, 2.24) is 0 Å². The lowest BCUT2D eigenvalue weighted by atomic mass is 10.1. The molecule has 4 N–H and O–H groups in total. The maximum absolute atomic E-state index is 12.0. The van der Waals surface area contributed by atoms with Crippen LogP contribution in [0.2, 0.25) is 0 Å². The van der Waals surface area contributed by atoms with Gasteiger partial charge in [0.25, 0.3) is 20.2 Å². The number of amides is 1. The van der Waals surface area contributed by atoms with Crippen molar-refractivity contribution in [3.05, 3.63) is 47.5 Å². The predicted molar refractivity (Wildman–Crippen MR) is 123 cm³/mol. The van der Waals surface area contributed by atoms with Gasteiger partial charge in [-0.3, -0.25) is 18.6 Å². The quantitative estimate of drug-likeness (QED) is 0.301. The van der Waals surface area contributed by atoms with E-state index in [0.29, 0.717) is 0 Å². The number of nitrogens with one attached hydrogen (secondary N) is 2. The topological polar surface area (TPSA) is 184 Å². The third-order valence-electron chi connectivity index (χ3n) is 4.23. The average molecular weight is 519 g/mol. The van der Waals surface area contributed by atoms with Crippen molar-refractivity contribution >= 4 is 59.7 Å². The minimum absolute atomic E-state index is 0.0440. The molecule has 0 atom stereocenters. The molecule has 2 rings (SSSR count). The summed E-state index contributed by atoms with van der Waals surface area (Å²) in [6.07, 6.45) is 2.33. The zero-order valence-electron chi connectivity index (χ0n) is 17.7. The van der Waals surface area contributed by atoms with E-state index in [4.69, 9.17) is 0 Å². The van der Waals surface area contributed by atoms with Crippen molar-refractivity contribution in [1.29, 1.82) is 0 Å². The van der Waals surface area contributed by atoms with Gasteiger partial charge >= 0.3 is 0 Å². The van der Waals surface area contributed by atoms with E-state index in [9.17, 15) is 39.2 Å². The maximum Gasteiger partial charge on any atom is 0.295 e. The molecule has 0 heterocycles. The van der Waals surface area contributed by atoms with Crippen molar-refractivity contribution in [2.75, 3.05) is 10.0 Å². The Bertz CT molecular complexity index is 1430. The van der Waals surface area contributed by atoms with E-state index in [1.54, 1.807) is 0 Å². The second-order valence-electron chi connectivity index (χ2n) is 7.17. The van der Waals surface area contributed by atoms with Crippen LogP contribution in [0.3, 0.4) is 0 Å². The first-order valence-electron chi connectivity index (χ1n) is 9.21. The maximum atomic E-state index is 12.0. The van der Waals surface area contributed by atoms with Crippen LogP contribution in [0.4, 0.5) is 11.4 Å². The molecule has 0 radical (unpaired) electrons. The molecule has 2 aromatic rings. The van der Waals surface area contributed by atoms with Crippen LogP contribution in [-0.2, 0) is 35.1 Å². The van der Waals surface area contributed by atoms with Crippen LogP contribution in [0.15, 0.2) is 46.2 Å². The predicted octanol–water partition coefficient (Wildman–Crippen LogP) is 2.46. The average Bonchev–Trinajstić information content (AvgIpc) is 2.65. The van der Waals surface area contributed by atoms with E-state index < -0.39 is 51.2 Å². The molecule has 0 saturated heterocycles. The standard InChI is InChI=1S/C19H22N2O9S3/c1-12(2)31(23,24)21-17-9-7-15(19(11-17)33(28,29)30)5-4-14-6-8-16(20-13(3)22)10-18(14)32(25,26)27/h4-12,21H,1-3H3,(H,20,22)(H,25,26,27)(H,28,29,30). The molecule has 14 heteroatoms. The highest BCUT2D eigenvalue weighted by molar-refractivity contribution is 7.93. The third-order valence-corrected chi connectivity index (χ3v) is 7.81. The molecule has 11 nitrogen and oxygen atoms in total. The summed E-state index contributed by atoms with van der Waals surface area (Å²) in [6.45, 7) is 4.06. The number of carbonyl (C=O) groups is 1. The highest BCUT2D eigenvalue weighted by Crippen LogP contribution is 2.26. The Morgan fingerprint density at radius 3 is 1.64 bits per heavy atom. The Labute approximate surface area is 192 Å². The zero-order chi connectivity index (χ0) is 25.2. The van der Waals surface area contributed by atoms with Crippen LogP contribution in [-0.4, -0.2) is 45.5 Å². The Kier molecular flexibility index (Phi) is 7.71. The number of benzene rings is 2. The van der Waals surface area contributed by atoms with Crippen LogP contribution in [0.25, 0.3) is 12.2 Å². The van der Waals surface area contributed by atoms with Gasteiger partial charge in [-0.05, 0) is 49.2 Å². The number of anilines is 2. The van der Waals surface area contributed by atoms with E-state index in [1.807, 2.05) is 0 Å². The number of hydrogen-bond donors (Lipinski definition) is 4. The van der Waals surface area contributed by atoms with Crippen molar-refractivity contribution in [2.45, 2.75) is 35.8 Å². The van der Waals surface area contributed by atoms with E-state index in [2.05, 4.69) is 10.0 Å². The molecule has 0 spiro atoms. The van der Waals surface area contributed by atoms with Gasteiger partial charge in [0.15, 0.2) is 0 Å². The first kappa shape index (κ1) is 26.5. The van der Waals surface area contributed by atoms with Gasteiger partial charge in [-0.2, -0.15) is 16.8 Å². The minimum Gasteiger partial charge on any atom is -0.326 e. The minimum atomic E-state index is -4.80. The fraction of sp³-hybridized carbons (Fsp3) is 0.211. The van der Waals surface area contributed by atoms with Crippen LogP contribution in [0.5, 0.6) is 0 Å². The van der Waals surface area contributed by atoms with Gasteiger partial charge in [-0.1, -0.05) is 24.3 Å². The summed E-state index contributed by atoms with van der Waals surface area (Å²) in [5, 5.41) is 1.57. The lowest BCUT2D eigenvalue weighted by molar-refractivity contribution is -0.114. The first-order chi connectivity index (χ1) is 15.0. The largest absolute Gasteiger partial charge is 0.326 e. The zero-order valence-corrected chi connectivity index (χ0v) is 20.1. The molecule has 180 valence electrons. The lowest BCUT2D eigenvalue weighted by Crippen LogP contribution is -2.22. The van der Waals surface area contributed by atoms with Gasteiger partial charge in [0.05, 0.1) is 5.25 Å². The number of rotatable bonds is 8. The highest BCUT2D eigenvalue weighted by atomic mass is 32.2. The van der Waals surface area contributed by atoms with Crippen LogP contribution >= 0.6 is 0 Å². The fourth-order valence-electron chi connectivity index (χ4n) is 2.60. The summed E-state index contributed by atoms with van der Waals surface area (Å²) in [7, 11) is -13.3. The molecule has 0 aromatic heterocycles. The van der Waals surface area contributed by atoms with E-state index in [0.717, 1.165) is 18.2 Å². The number of carbonyl (C=O) groups excluding carboxylic acids is 1. The molecule has 0 unspecified atom stereocenters. The van der Waals surface area contributed by atoms with E-state index in [1.165, 1.54) is 51.1 Å². The second kappa shape index (κ2) is 9.61. The molecule has 0 aliphatic carbocycles. The molecular formula is C19H22N2O9S3. The van der Waals surface area contributed by atoms with Gasteiger partial charge in [0, 0.05) is 18.3 Å². The summed E-state index contributed by atoms with van der Waals surface area (Å²) in [5.74, 6) is -0.467. The van der Waals surface area contributed by atoms with Gasteiger partial charge in [-0.15, -0.1) is 0 Å². The van der Waals surface area contributed by atoms with Gasteiger partial charge in [0.2, 0.25) is 15.9 Å². The molecule has 0 bridgehead atoms. The second-order valence-corrected chi connectivity index (χ2v) is 12.2. The molecule has 33 heavy (non-hydrogen) atoms. The SMILES string of the molecule is CC(=O)Nc1ccc(C=Cc2ccc(NS(=O)(=O)C(C)C)cc2S(=O)(=O)O)c(S(=O)(=O)O)c1. The molecule has 2 aromatic carbocycles. The number of sulfonamides is 1. The van der Waals surface area contributed by atoms with Crippen molar-refractivity contribution < 1.29 is 39.2 Å². The monoisotopic (exact) mass is 518 g/mol. The Morgan fingerprint density at radius 1 is 0.818 bits per heavy atom. The molecule has 0 aliphatic heterocycles. The number of hydrogen-bond acceptors (Lipinski definition) is 7. The van der Waals surface area contributed by atoms with Crippen LogP contribution in [0, 0.1) is 0 Å². The Balaban J connectivity index is 2.56. The summed E-state index contributed by atoms with van der Waals surface area (Å²) in [4.78, 5) is 10.0. The third kappa shape index (κ3) is 7.10. The van der Waals surface area contributed by atoms with Crippen LogP contribution < -0.4 is 10.0 Å². The van der Waals surface area contributed by atoms with E-state index >= 15 is 0 Å². The molecule has 0 saturated carbocycles. The van der Waals surface area contributed by atoms with Crippen molar-refractivity contribution in [2.24, 2.45) is 0 Å². The highest BCUT2D eigenvalue weighted by Gasteiger charge is 2.20. The van der Waals surface area contributed by atoms with Crippen molar-refractivity contribution in [3.8, 4) is 0 Å². The summed E-state index contributed by atoms with van der Waals surface area (Å²) in [5.41, 5.74) is -0.130. The Hall–Kier alpha value is -2.78. The van der Waals surface area contributed by atoms with Gasteiger partial charge in [-0.25, -0.2) is 8.42 Å². The summed E-state index contributed by atoms with van der Waals surface area (Å²) in [6, 6.07) is 7.03. The lowest BCUT2D eigenvalue weighted by Gasteiger charge is -2.12. The van der Waals surface area contributed by atoms with Gasteiger partial charge < -0.3 is 5.32 Å². The molecule has 0 fully saturated rings. The molecular weight excluding hydrogens is 496 g/mol. The summed E-state index contributed by atoms with van der Waals surface area (Å²) < 4.78 is 92.7. The fourth-order valence-corrected chi connectivity index (χ4v) is 4.71. The smallest absolute Gasteiger partial charge is 0.295 e.